The molecule has 2 aromatic carbocycles. The number of nitrogens with zero attached hydrogens (tertiary/aromatic N) is 2. The van der Waals surface area contributed by atoms with Gasteiger partial charge in [-0.15, -0.1) is 0 Å². The SMILES string of the molecule is CC(C)[C@@H]1CC[C@@H](C)c2c1n(-c1ccccc1)c[n+]2-c1ccccc1. The molecule has 0 saturated carbocycles. The van der Waals surface area contributed by atoms with Crippen molar-refractivity contribution >= 4 is 0 Å². The van der Waals surface area contributed by atoms with Crippen molar-refractivity contribution in [3.8, 4) is 11.4 Å². The third-order valence-corrected chi connectivity index (χ3v) is 5.61. The number of benzene rings is 2. The Labute approximate surface area is 150 Å². The molecule has 1 heterocycles. The van der Waals surface area contributed by atoms with Gasteiger partial charge in [-0.25, -0.2) is 0 Å². The number of hydrogen-bond donors (Lipinski definition) is 0. The van der Waals surface area contributed by atoms with Crippen molar-refractivity contribution in [1.29, 1.82) is 0 Å². The lowest BCUT2D eigenvalue weighted by atomic mass is 9.78. The van der Waals surface area contributed by atoms with Crippen molar-refractivity contribution in [3.63, 3.8) is 0 Å². The summed E-state index contributed by atoms with van der Waals surface area (Å²) in [6.07, 6.45) is 4.84. The highest BCUT2D eigenvalue weighted by Gasteiger charge is 2.39. The minimum atomic E-state index is 0.579. The summed E-state index contributed by atoms with van der Waals surface area (Å²) in [4.78, 5) is 0. The summed E-state index contributed by atoms with van der Waals surface area (Å²) in [6.45, 7) is 7.10. The summed E-state index contributed by atoms with van der Waals surface area (Å²) in [5, 5.41) is 0. The largest absolute Gasteiger partial charge is 0.254 e. The van der Waals surface area contributed by atoms with Gasteiger partial charge in [-0.1, -0.05) is 57.2 Å². The molecule has 0 aliphatic heterocycles. The summed E-state index contributed by atoms with van der Waals surface area (Å²) >= 11 is 0. The molecule has 0 unspecified atom stereocenters. The lowest BCUT2D eigenvalue weighted by Crippen LogP contribution is -2.36. The van der Waals surface area contributed by atoms with Crippen molar-refractivity contribution in [3.05, 3.63) is 78.4 Å². The van der Waals surface area contributed by atoms with Crippen LogP contribution in [0.25, 0.3) is 11.4 Å². The number of fused-ring (bicyclic) bond motifs is 1. The molecule has 2 nitrogen and oxygen atoms in total. The maximum Gasteiger partial charge on any atom is 0.254 e. The van der Waals surface area contributed by atoms with Crippen LogP contribution in [0.4, 0.5) is 0 Å². The van der Waals surface area contributed by atoms with Gasteiger partial charge in [0.15, 0.2) is 11.4 Å². The van der Waals surface area contributed by atoms with E-state index >= 15 is 0 Å². The Balaban J connectivity index is 1.99. The van der Waals surface area contributed by atoms with Crippen LogP contribution in [-0.2, 0) is 0 Å². The van der Waals surface area contributed by atoms with Crippen LogP contribution in [0.15, 0.2) is 67.0 Å². The predicted molar refractivity (Wildman–Crippen MR) is 103 cm³/mol. The van der Waals surface area contributed by atoms with E-state index in [-0.39, 0.29) is 0 Å². The second-order valence-corrected chi connectivity index (χ2v) is 7.63. The van der Waals surface area contributed by atoms with Gasteiger partial charge in [0.05, 0.1) is 0 Å². The Morgan fingerprint density at radius 1 is 0.920 bits per heavy atom. The van der Waals surface area contributed by atoms with E-state index in [0.717, 1.165) is 0 Å². The smallest absolute Gasteiger partial charge is 0.199 e. The maximum absolute atomic E-state index is 2.43. The van der Waals surface area contributed by atoms with Gasteiger partial charge in [0.25, 0.3) is 6.33 Å². The maximum atomic E-state index is 2.43. The topological polar surface area (TPSA) is 8.81 Å². The van der Waals surface area contributed by atoms with Gasteiger partial charge in [-0.2, -0.15) is 9.13 Å². The molecule has 4 rings (SSSR count). The molecule has 1 aliphatic carbocycles. The number of aromatic nitrogens is 2. The van der Waals surface area contributed by atoms with Crippen LogP contribution >= 0.6 is 0 Å². The van der Waals surface area contributed by atoms with Gasteiger partial charge in [0, 0.05) is 11.8 Å². The van der Waals surface area contributed by atoms with E-state index in [9.17, 15) is 0 Å². The zero-order valence-electron chi connectivity index (χ0n) is 15.4. The first-order chi connectivity index (χ1) is 12.2. The van der Waals surface area contributed by atoms with E-state index in [1.54, 1.807) is 0 Å². The fourth-order valence-corrected chi connectivity index (χ4v) is 4.29. The number of rotatable bonds is 3. The Kier molecular flexibility index (Phi) is 4.20. The van der Waals surface area contributed by atoms with Crippen molar-refractivity contribution in [1.82, 2.24) is 4.57 Å². The zero-order valence-corrected chi connectivity index (χ0v) is 15.4. The van der Waals surface area contributed by atoms with Gasteiger partial charge in [0.2, 0.25) is 0 Å². The van der Waals surface area contributed by atoms with Crippen LogP contribution in [0.5, 0.6) is 0 Å². The van der Waals surface area contributed by atoms with E-state index in [2.05, 4.69) is 96.9 Å². The van der Waals surface area contributed by atoms with Gasteiger partial charge in [-0.3, -0.25) is 0 Å². The molecule has 0 fully saturated rings. The third kappa shape index (κ3) is 2.80. The molecule has 128 valence electrons. The molecule has 3 aromatic rings. The van der Waals surface area contributed by atoms with Crippen LogP contribution in [0.2, 0.25) is 0 Å². The number of para-hydroxylation sites is 2. The molecule has 0 N–H and O–H groups in total. The van der Waals surface area contributed by atoms with Gasteiger partial charge in [0.1, 0.15) is 11.4 Å². The second-order valence-electron chi connectivity index (χ2n) is 7.63. The van der Waals surface area contributed by atoms with Gasteiger partial charge >= 0.3 is 0 Å². The fraction of sp³-hybridized carbons (Fsp3) is 0.348. The summed E-state index contributed by atoms with van der Waals surface area (Å²) < 4.78 is 4.85. The normalized spacial score (nSPS) is 19.8. The Hall–Kier alpha value is -2.35. The number of hydrogen-bond acceptors (Lipinski definition) is 0. The molecular weight excluding hydrogens is 304 g/mol. The summed E-state index contributed by atoms with van der Waals surface area (Å²) in [5.41, 5.74) is 5.50. The van der Waals surface area contributed by atoms with E-state index in [4.69, 9.17) is 0 Å². The van der Waals surface area contributed by atoms with E-state index in [0.29, 0.717) is 17.8 Å². The van der Waals surface area contributed by atoms with E-state index in [1.807, 2.05) is 0 Å². The monoisotopic (exact) mass is 331 g/mol. The van der Waals surface area contributed by atoms with Crippen molar-refractivity contribution < 1.29 is 4.57 Å². The molecule has 2 heteroatoms. The molecule has 0 saturated heterocycles. The van der Waals surface area contributed by atoms with Crippen LogP contribution < -0.4 is 4.57 Å². The molecule has 25 heavy (non-hydrogen) atoms. The standard InChI is InChI=1S/C23H27N2/c1-17(2)21-15-14-18(3)22-23(21)25(20-12-8-5-9-13-20)16-24(22)19-10-6-4-7-11-19/h4-13,16-18,21H,14-15H2,1-3H3/q+1/t18-,21+/m1/s1. The highest BCUT2D eigenvalue weighted by Crippen LogP contribution is 2.42. The van der Waals surface area contributed by atoms with Crippen LogP contribution in [-0.4, -0.2) is 4.57 Å². The quantitative estimate of drug-likeness (QED) is 0.569. The Morgan fingerprint density at radius 3 is 2.20 bits per heavy atom. The van der Waals surface area contributed by atoms with Crippen molar-refractivity contribution in [2.45, 2.75) is 45.4 Å². The summed E-state index contributed by atoms with van der Waals surface area (Å²) in [6, 6.07) is 21.5. The molecule has 0 radical (unpaired) electrons. The molecule has 2 atom stereocenters. The average Bonchev–Trinajstić information content (AvgIpc) is 3.05. The molecule has 1 aliphatic rings. The lowest BCUT2D eigenvalue weighted by molar-refractivity contribution is -0.605. The minimum Gasteiger partial charge on any atom is -0.199 e. The van der Waals surface area contributed by atoms with Crippen LogP contribution in [0, 0.1) is 5.92 Å². The van der Waals surface area contributed by atoms with E-state index < -0.39 is 0 Å². The van der Waals surface area contributed by atoms with Crippen molar-refractivity contribution in [2.24, 2.45) is 5.92 Å². The van der Waals surface area contributed by atoms with Crippen LogP contribution in [0.1, 0.15) is 56.8 Å². The molecular formula is C23H27N2+. The Bertz CT molecular complexity index is 847. The van der Waals surface area contributed by atoms with Crippen molar-refractivity contribution in [2.75, 3.05) is 0 Å². The first kappa shape index (κ1) is 16.1. The first-order valence-electron chi connectivity index (χ1n) is 9.44. The fourth-order valence-electron chi connectivity index (χ4n) is 4.29. The lowest BCUT2D eigenvalue weighted by Gasteiger charge is -2.27. The highest BCUT2D eigenvalue weighted by molar-refractivity contribution is 5.38. The molecule has 1 aromatic heterocycles. The average molecular weight is 331 g/mol. The van der Waals surface area contributed by atoms with Gasteiger partial charge in [-0.05, 0) is 43.0 Å². The Morgan fingerprint density at radius 2 is 1.56 bits per heavy atom. The minimum absolute atomic E-state index is 0.579. The number of imidazole rings is 1. The second kappa shape index (κ2) is 6.51. The predicted octanol–water partition coefficient (Wildman–Crippen LogP) is 5.39. The molecule has 0 spiro atoms. The summed E-state index contributed by atoms with van der Waals surface area (Å²) in [7, 11) is 0. The third-order valence-electron chi connectivity index (χ3n) is 5.61. The molecule has 0 amide bonds. The first-order valence-corrected chi connectivity index (χ1v) is 9.44. The molecule has 0 bridgehead atoms. The van der Waals surface area contributed by atoms with Gasteiger partial charge < -0.3 is 0 Å². The highest BCUT2D eigenvalue weighted by atomic mass is 15.2. The summed E-state index contributed by atoms with van der Waals surface area (Å²) in [5.74, 6) is 1.83. The van der Waals surface area contributed by atoms with E-state index in [1.165, 1.54) is 35.6 Å². The zero-order chi connectivity index (χ0) is 17.4. The van der Waals surface area contributed by atoms with Crippen LogP contribution in [0.3, 0.4) is 0 Å².